The zero-order chi connectivity index (χ0) is 14.7. The zero-order valence-electron chi connectivity index (χ0n) is 11.3. The van der Waals surface area contributed by atoms with Crippen molar-refractivity contribution in [1.82, 2.24) is 10.6 Å². The molecule has 0 saturated heterocycles. The molecule has 3 nitrogen and oxygen atoms in total. The third-order valence-corrected chi connectivity index (χ3v) is 4.81. The first-order valence-electron chi connectivity index (χ1n) is 6.42. The molecule has 2 N–H and O–H groups in total. The summed E-state index contributed by atoms with van der Waals surface area (Å²) in [6.45, 7) is 5.50. The van der Waals surface area contributed by atoms with Crippen LogP contribution in [-0.4, -0.2) is 25.0 Å². The third-order valence-electron chi connectivity index (χ3n) is 2.92. The lowest BCUT2D eigenvalue weighted by atomic mass is 10.2. The van der Waals surface area contributed by atoms with Crippen molar-refractivity contribution < 1.29 is 4.79 Å². The summed E-state index contributed by atoms with van der Waals surface area (Å²) in [4.78, 5) is 12.7. The van der Waals surface area contributed by atoms with Crippen LogP contribution in [0.1, 0.15) is 23.5 Å². The highest BCUT2D eigenvalue weighted by Gasteiger charge is 2.17. The van der Waals surface area contributed by atoms with Crippen LogP contribution in [0.3, 0.4) is 0 Å². The molecule has 0 spiro atoms. The number of amides is 1. The minimum absolute atomic E-state index is 0.142. The van der Waals surface area contributed by atoms with Crippen LogP contribution < -0.4 is 10.6 Å². The van der Waals surface area contributed by atoms with Crippen molar-refractivity contribution in [2.45, 2.75) is 19.9 Å². The maximum atomic E-state index is 12.2. The molecular weight excluding hydrogens is 315 g/mol. The Bertz CT molecular complexity index is 627. The van der Waals surface area contributed by atoms with Gasteiger partial charge in [-0.1, -0.05) is 36.2 Å². The van der Waals surface area contributed by atoms with E-state index in [2.05, 4.69) is 10.6 Å². The largest absolute Gasteiger partial charge is 0.350 e. The number of fused-ring (bicyclic) bond motifs is 1. The third kappa shape index (κ3) is 3.44. The summed E-state index contributed by atoms with van der Waals surface area (Å²) in [5, 5.41) is 8.13. The lowest BCUT2D eigenvalue weighted by Gasteiger charge is -2.12. The number of carbonyl (C=O) groups is 1. The zero-order valence-corrected chi connectivity index (χ0v) is 13.6. The minimum Gasteiger partial charge on any atom is -0.350 e. The molecule has 6 heteroatoms. The highest BCUT2D eigenvalue weighted by atomic mass is 35.5. The number of halogens is 2. The molecule has 2 aromatic rings. The Balaban J connectivity index is 2.16. The predicted octanol–water partition coefficient (Wildman–Crippen LogP) is 3.94. The summed E-state index contributed by atoms with van der Waals surface area (Å²) in [7, 11) is 0. The molecule has 20 heavy (non-hydrogen) atoms. The highest BCUT2D eigenvalue weighted by Crippen LogP contribution is 2.36. The van der Waals surface area contributed by atoms with Crippen LogP contribution in [0.25, 0.3) is 10.1 Å². The molecule has 0 bridgehead atoms. The monoisotopic (exact) mass is 330 g/mol. The van der Waals surface area contributed by atoms with Gasteiger partial charge < -0.3 is 10.6 Å². The van der Waals surface area contributed by atoms with Gasteiger partial charge in [-0.05, 0) is 25.6 Å². The molecule has 0 radical (unpaired) electrons. The SMILES string of the molecule is CCN[C@H](C)CNC(=O)c1sc2cc(Cl)ccc2c1Cl. The first kappa shape index (κ1) is 15.6. The standard InChI is InChI=1S/C14H16Cl2N2OS/c1-3-17-8(2)7-18-14(19)13-12(16)10-5-4-9(15)6-11(10)20-13/h4-6,8,17H,3,7H2,1-2H3,(H,18,19)/t8-/m1/s1. The van der Waals surface area contributed by atoms with Gasteiger partial charge in [-0.3, -0.25) is 4.79 Å². The van der Waals surface area contributed by atoms with E-state index in [0.717, 1.165) is 16.6 Å². The van der Waals surface area contributed by atoms with E-state index >= 15 is 0 Å². The summed E-state index contributed by atoms with van der Waals surface area (Å²) in [6.07, 6.45) is 0. The number of carbonyl (C=O) groups excluding carboxylic acids is 1. The first-order valence-corrected chi connectivity index (χ1v) is 7.99. The number of rotatable bonds is 5. The quantitative estimate of drug-likeness (QED) is 0.871. The van der Waals surface area contributed by atoms with Crippen molar-refractivity contribution in [3.8, 4) is 0 Å². The van der Waals surface area contributed by atoms with Gasteiger partial charge in [0.1, 0.15) is 4.88 Å². The van der Waals surface area contributed by atoms with Gasteiger partial charge in [0.2, 0.25) is 0 Å². The molecule has 0 unspecified atom stereocenters. The Morgan fingerprint density at radius 1 is 1.40 bits per heavy atom. The summed E-state index contributed by atoms with van der Waals surface area (Å²) in [5.74, 6) is -0.142. The Morgan fingerprint density at radius 3 is 2.85 bits per heavy atom. The highest BCUT2D eigenvalue weighted by molar-refractivity contribution is 7.21. The predicted molar refractivity (Wildman–Crippen MR) is 87.3 cm³/mol. The Hall–Kier alpha value is -0.810. The summed E-state index contributed by atoms with van der Waals surface area (Å²) < 4.78 is 0.924. The summed E-state index contributed by atoms with van der Waals surface area (Å²) in [6, 6.07) is 5.67. The van der Waals surface area contributed by atoms with Crippen LogP contribution in [0, 0.1) is 0 Å². The van der Waals surface area contributed by atoms with Gasteiger partial charge in [0.05, 0.1) is 5.02 Å². The van der Waals surface area contributed by atoms with Gasteiger partial charge in [0, 0.05) is 27.7 Å². The van der Waals surface area contributed by atoms with Gasteiger partial charge in [-0.25, -0.2) is 0 Å². The average molecular weight is 331 g/mol. The van der Waals surface area contributed by atoms with E-state index in [0.29, 0.717) is 21.5 Å². The fourth-order valence-corrected chi connectivity index (χ4v) is 3.64. The van der Waals surface area contributed by atoms with Crippen molar-refractivity contribution in [3.63, 3.8) is 0 Å². The molecule has 2 rings (SSSR count). The molecule has 1 aromatic heterocycles. The molecule has 1 aromatic carbocycles. The molecule has 0 fully saturated rings. The Morgan fingerprint density at radius 2 is 2.15 bits per heavy atom. The molecule has 108 valence electrons. The second-order valence-electron chi connectivity index (χ2n) is 4.55. The first-order chi connectivity index (χ1) is 9.52. The fraction of sp³-hybridized carbons (Fsp3) is 0.357. The summed E-state index contributed by atoms with van der Waals surface area (Å²) in [5.41, 5.74) is 0. The second kappa shape index (κ2) is 6.76. The molecule has 0 aliphatic rings. The van der Waals surface area contributed by atoms with E-state index in [1.165, 1.54) is 11.3 Å². The number of hydrogen-bond donors (Lipinski definition) is 2. The Labute approximate surface area is 132 Å². The molecule has 1 amide bonds. The summed E-state index contributed by atoms with van der Waals surface area (Å²) >= 11 is 13.6. The number of likely N-dealkylation sites (N-methyl/N-ethyl adjacent to an activating group) is 1. The van der Waals surface area contributed by atoms with E-state index in [4.69, 9.17) is 23.2 Å². The van der Waals surface area contributed by atoms with E-state index in [9.17, 15) is 4.79 Å². The van der Waals surface area contributed by atoms with E-state index in [1.807, 2.05) is 26.0 Å². The fourth-order valence-electron chi connectivity index (χ4n) is 1.93. The lowest BCUT2D eigenvalue weighted by Crippen LogP contribution is -2.38. The number of hydrogen-bond acceptors (Lipinski definition) is 3. The van der Waals surface area contributed by atoms with Gasteiger partial charge in [-0.15, -0.1) is 11.3 Å². The van der Waals surface area contributed by atoms with Crippen molar-refractivity contribution in [1.29, 1.82) is 0 Å². The van der Waals surface area contributed by atoms with Crippen LogP contribution in [0.4, 0.5) is 0 Å². The van der Waals surface area contributed by atoms with Gasteiger partial charge >= 0.3 is 0 Å². The van der Waals surface area contributed by atoms with E-state index in [-0.39, 0.29) is 11.9 Å². The smallest absolute Gasteiger partial charge is 0.262 e. The van der Waals surface area contributed by atoms with E-state index < -0.39 is 0 Å². The van der Waals surface area contributed by atoms with Crippen LogP contribution in [0.5, 0.6) is 0 Å². The van der Waals surface area contributed by atoms with Gasteiger partial charge in [0.25, 0.3) is 5.91 Å². The number of thiophene rings is 1. The van der Waals surface area contributed by atoms with Crippen LogP contribution in [0.2, 0.25) is 10.0 Å². The van der Waals surface area contributed by atoms with Gasteiger partial charge in [-0.2, -0.15) is 0 Å². The molecule has 1 heterocycles. The molecule has 1 atom stereocenters. The number of nitrogens with one attached hydrogen (secondary N) is 2. The Kier molecular flexibility index (Phi) is 5.27. The maximum absolute atomic E-state index is 12.2. The van der Waals surface area contributed by atoms with Crippen molar-refractivity contribution >= 4 is 50.5 Å². The van der Waals surface area contributed by atoms with Crippen molar-refractivity contribution in [2.24, 2.45) is 0 Å². The normalized spacial score (nSPS) is 12.6. The van der Waals surface area contributed by atoms with Crippen LogP contribution in [-0.2, 0) is 0 Å². The second-order valence-corrected chi connectivity index (χ2v) is 6.42. The number of benzene rings is 1. The lowest BCUT2D eigenvalue weighted by molar-refractivity contribution is 0.0954. The average Bonchev–Trinajstić information content (AvgIpc) is 2.73. The molecule has 0 aliphatic heterocycles. The molecule has 0 saturated carbocycles. The molecular formula is C14H16Cl2N2OS. The van der Waals surface area contributed by atoms with Crippen LogP contribution >= 0.6 is 34.5 Å². The van der Waals surface area contributed by atoms with Gasteiger partial charge in [0.15, 0.2) is 0 Å². The molecule has 0 aliphatic carbocycles. The minimum atomic E-state index is -0.142. The van der Waals surface area contributed by atoms with Crippen molar-refractivity contribution in [2.75, 3.05) is 13.1 Å². The van der Waals surface area contributed by atoms with E-state index in [1.54, 1.807) is 6.07 Å². The maximum Gasteiger partial charge on any atom is 0.262 e. The van der Waals surface area contributed by atoms with Crippen molar-refractivity contribution in [3.05, 3.63) is 33.1 Å². The van der Waals surface area contributed by atoms with Crippen LogP contribution in [0.15, 0.2) is 18.2 Å². The topological polar surface area (TPSA) is 41.1 Å².